The van der Waals surface area contributed by atoms with E-state index in [1.165, 1.54) is 30.5 Å². The summed E-state index contributed by atoms with van der Waals surface area (Å²) in [7, 11) is 1.77. The van der Waals surface area contributed by atoms with Crippen molar-refractivity contribution in [3.05, 3.63) is 83.3 Å². The van der Waals surface area contributed by atoms with Crippen molar-refractivity contribution < 1.29 is 16.3 Å². The summed E-state index contributed by atoms with van der Waals surface area (Å²) in [6.07, 6.45) is 3.15. The van der Waals surface area contributed by atoms with E-state index in [0.29, 0.717) is 16.6 Å². The van der Waals surface area contributed by atoms with Crippen molar-refractivity contribution >= 4 is 16.8 Å². The number of pyridine rings is 1. The Morgan fingerprint density at radius 1 is 1.14 bits per heavy atom. The van der Waals surface area contributed by atoms with Crippen LogP contribution in [0.15, 0.2) is 54.9 Å². The molecular formula is C22H16F2N4O. The molecule has 2 aromatic carbocycles. The first-order valence-electron chi connectivity index (χ1n) is 9.95. The molecule has 5 rings (SSSR count). The minimum absolute atomic E-state index is 0.0549. The number of carbonyl (C=O) groups is 1. The van der Waals surface area contributed by atoms with E-state index in [2.05, 4.69) is 10.1 Å². The van der Waals surface area contributed by atoms with Crippen LogP contribution in [0.4, 0.5) is 8.78 Å². The van der Waals surface area contributed by atoms with E-state index in [1.54, 1.807) is 30.1 Å². The van der Waals surface area contributed by atoms with Crippen molar-refractivity contribution in [1.29, 1.82) is 0 Å². The van der Waals surface area contributed by atoms with Crippen molar-refractivity contribution in [3.8, 4) is 11.1 Å². The highest BCUT2D eigenvalue weighted by molar-refractivity contribution is 5.97. The van der Waals surface area contributed by atoms with Gasteiger partial charge in [0.15, 0.2) is 0 Å². The fraction of sp³-hybridized carbons (Fsp3) is 0.136. The maximum atomic E-state index is 15.0. The largest absolute Gasteiger partial charge is 0.328 e. The summed E-state index contributed by atoms with van der Waals surface area (Å²) in [6.45, 7) is -2.83. The first kappa shape index (κ1) is 15.3. The molecule has 0 atom stereocenters. The van der Waals surface area contributed by atoms with Crippen molar-refractivity contribution in [2.24, 2.45) is 7.05 Å². The van der Waals surface area contributed by atoms with Gasteiger partial charge in [-0.1, -0.05) is 12.1 Å². The van der Waals surface area contributed by atoms with Crippen molar-refractivity contribution in [3.63, 3.8) is 0 Å². The molecule has 144 valence electrons. The average molecular weight is 392 g/mol. The highest BCUT2D eigenvalue weighted by Gasteiger charge is 2.29. The smallest absolute Gasteiger partial charge is 0.256 e. The maximum Gasteiger partial charge on any atom is 0.256 e. The quantitative estimate of drug-likeness (QED) is 0.528. The summed E-state index contributed by atoms with van der Waals surface area (Å²) >= 11 is 0. The van der Waals surface area contributed by atoms with Gasteiger partial charge in [0.2, 0.25) is 0 Å². The van der Waals surface area contributed by atoms with E-state index in [0.717, 1.165) is 10.3 Å². The number of benzene rings is 2. The lowest BCUT2D eigenvalue weighted by molar-refractivity contribution is 0.0763. The maximum absolute atomic E-state index is 15.0. The van der Waals surface area contributed by atoms with Crippen molar-refractivity contribution in [1.82, 2.24) is 19.7 Å². The lowest BCUT2D eigenvalue weighted by atomic mass is 9.99. The van der Waals surface area contributed by atoms with E-state index < -0.39 is 30.6 Å². The zero-order valence-electron chi connectivity index (χ0n) is 17.4. The number of aromatic nitrogens is 3. The predicted octanol–water partition coefficient (Wildman–Crippen LogP) is 4.07. The summed E-state index contributed by atoms with van der Waals surface area (Å²) in [5, 5.41) is 5.07. The topological polar surface area (TPSA) is 51.0 Å². The van der Waals surface area contributed by atoms with Crippen LogP contribution in [0.2, 0.25) is 0 Å². The van der Waals surface area contributed by atoms with Gasteiger partial charge in [0, 0.05) is 30.4 Å². The Balaban J connectivity index is 1.55. The molecule has 0 saturated carbocycles. The number of hydrogen-bond acceptors (Lipinski definition) is 3. The summed E-state index contributed by atoms with van der Waals surface area (Å²) in [4.78, 5) is 17.4. The highest BCUT2D eigenvalue weighted by Crippen LogP contribution is 2.31. The van der Waals surface area contributed by atoms with Gasteiger partial charge in [-0.2, -0.15) is 5.10 Å². The van der Waals surface area contributed by atoms with Crippen LogP contribution in [-0.4, -0.2) is 25.6 Å². The van der Waals surface area contributed by atoms with Gasteiger partial charge in [-0.25, -0.2) is 8.78 Å². The number of rotatable bonds is 3. The van der Waals surface area contributed by atoms with E-state index in [1.807, 2.05) is 6.07 Å². The summed E-state index contributed by atoms with van der Waals surface area (Å²) in [5.74, 6) is -2.37. The Bertz CT molecular complexity index is 1350. The van der Waals surface area contributed by atoms with Crippen LogP contribution in [0.1, 0.15) is 24.4 Å². The van der Waals surface area contributed by atoms with Gasteiger partial charge in [-0.05, 0) is 41.5 Å². The minimum Gasteiger partial charge on any atom is -0.328 e. The fourth-order valence-electron chi connectivity index (χ4n) is 3.58. The van der Waals surface area contributed by atoms with Gasteiger partial charge in [0.1, 0.15) is 11.6 Å². The predicted molar refractivity (Wildman–Crippen MR) is 104 cm³/mol. The van der Waals surface area contributed by atoms with Gasteiger partial charge >= 0.3 is 0 Å². The van der Waals surface area contributed by atoms with Crippen molar-refractivity contribution in [2.75, 3.05) is 0 Å². The number of hydrogen-bond donors (Lipinski definition) is 0. The zero-order valence-corrected chi connectivity index (χ0v) is 15.4. The second-order valence-corrected chi connectivity index (χ2v) is 6.86. The highest BCUT2D eigenvalue weighted by atomic mass is 19.1. The normalized spacial score (nSPS) is 16.1. The molecule has 1 aliphatic rings. The summed E-state index contributed by atoms with van der Waals surface area (Å²) in [5.41, 5.74) is 1.31. The number of carbonyl (C=O) groups excluding carboxylic acids is 1. The molecule has 1 amide bonds. The molecule has 0 bridgehead atoms. The molecule has 4 aromatic rings. The molecule has 0 fully saturated rings. The third-order valence-corrected chi connectivity index (χ3v) is 4.96. The van der Waals surface area contributed by atoms with Crippen LogP contribution in [0.3, 0.4) is 0 Å². The Kier molecular flexibility index (Phi) is 3.42. The first-order chi connectivity index (χ1) is 14.8. The number of amides is 1. The van der Waals surface area contributed by atoms with E-state index >= 15 is 8.78 Å². The first-order valence-corrected chi connectivity index (χ1v) is 8.95. The van der Waals surface area contributed by atoms with Gasteiger partial charge in [-0.15, -0.1) is 0 Å². The lowest BCUT2D eigenvalue weighted by Crippen LogP contribution is -2.24. The molecule has 0 saturated heterocycles. The molecule has 1 aliphatic heterocycles. The Morgan fingerprint density at radius 3 is 2.66 bits per heavy atom. The molecule has 0 aliphatic carbocycles. The van der Waals surface area contributed by atoms with Gasteiger partial charge in [-0.3, -0.25) is 14.5 Å². The molecule has 5 nitrogen and oxygen atoms in total. The Morgan fingerprint density at radius 2 is 1.90 bits per heavy atom. The molecule has 0 spiro atoms. The van der Waals surface area contributed by atoms with Crippen LogP contribution in [0.25, 0.3) is 22.0 Å². The standard InChI is InChI=1S/C22H16F2N4O/c1-27-10-16-14(4-2-6-20(16)26-27)13-8-18(23)17(19(24)9-13)11-28-12-21-15(22(28)29)5-3-7-25-21/h2-10H,11-12H2,1H3/i12D2. The average Bonchev–Trinajstić information content (AvgIpc) is 3.20. The second-order valence-electron chi connectivity index (χ2n) is 6.86. The minimum atomic E-state index is -2.27. The SMILES string of the molecule is [2H]C1([2H])c2ncccc2C(=O)N1Cc1c(F)cc(-c2cccc3nn(C)cc23)cc1F. The number of halogens is 2. The van der Waals surface area contributed by atoms with Gasteiger partial charge < -0.3 is 4.90 Å². The monoisotopic (exact) mass is 392 g/mol. The number of aryl methyl sites for hydroxylation is 1. The van der Waals surface area contributed by atoms with Crippen LogP contribution in [-0.2, 0) is 20.1 Å². The summed E-state index contributed by atoms with van der Waals surface area (Å²) < 4.78 is 48.2. The van der Waals surface area contributed by atoms with Crippen molar-refractivity contribution in [2.45, 2.75) is 13.0 Å². The molecule has 0 N–H and O–H groups in total. The fourth-order valence-corrected chi connectivity index (χ4v) is 3.58. The zero-order chi connectivity index (χ0) is 21.9. The van der Waals surface area contributed by atoms with E-state index in [9.17, 15) is 4.79 Å². The van der Waals surface area contributed by atoms with E-state index in [-0.39, 0.29) is 16.8 Å². The van der Waals surface area contributed by atoms with Crippen LogP contribution in [0, 0.1) is 11.6 Å². The molecule has 29 heavy (non-hydrogen) atoms. The molecule has 3 heterocycles. The molecular weight excluding hydrogens is 374 g/mol. The second kappa shape index (κ2) is 6.48. The Labute approximate surface area is 168 Å². The number of fused-ring (bicyclic) bond motifs is 2. The third-order valence-electron chi connectivity index (χ3n) is 4.96. The van der Waals surface area contributed by atoms with Gasteiger partial charge in [0.05, 0.1) is 32.6 Å². The molecule has 0 unspecified atom stereocenters. The van der Waals surface area contributed by atoms with Crippen LogP contribution >= 0.6 is 0 Å². The van der Waals surface area contributed by atoms with Gasteiger partial charge in [0.25, 0.3) is 5.91 Å². The molecule has 2 aromatic heterocycles. The summed E-state index contributed by atoms with van der Waals surface area (Å²) in [6, 6.07) is 10.7. The van der Waals surface area contributed by atoms with E-state index in [4.69, 9.17) is 2.74 Å². The van der Waals surface area contributed by atoms with Crippen LogP contribution in [0.5, 0.6) is 0 Å². The molecule has 0 radical (unpaired) electrons. The third kappa shape index (κ3) is 2.86. The number of nitrogens with zero attached hydrogens (tertiary/aromatic N) is 4. The lowest BCUT2D eigenvalue weighted by Gasteiger charge is -2.17. The Hall–Kier alpha value is -3.61. The molecule has 7 heteroatoms. The van der Waals surface area contributed by atoms with Crippen LogP contribution < -0.4 is 0 Å².